The summed E-state index contributed by atoms with van der Waals surface area (Å²) in [6.45, 7) is 6.38. The van der Waals surface area contributed by atoms with E-state index in [0.29, 0.717) is 19.5 Å². The molecule has 0 aliphatic carbocycles. The SMILES string of the molecule is C=CCN1C(=O)CCCC12CCN(C(=O)CN(C)C)CC2. The Hall–Kier alpha value is -1.36. The molecule has 21 heavy (non-hydrogen) atoms. The summed E-state index contributed by atoms with van der Waals surface area (Å²) in [5.74, 6) is 0.432. The largest absolute Gasteiger partial charge is 0.341 e. The second kappa shape index (κ2) is 6.60. The molecule has 5 heteroatoms. The topological polar surface area (TPSA) is 43.9 Å². The lowest BCUT2D eigenvalue weighted by Crippen LogP contribution is -2.60. The van der Waals surface area contributed by atoms with Crippen molar-refractivity contribution in [3.8, 4) is 0 Å². The number of likely N-dealkylation sites (tertiary alicyclic amines) is 2. The van der Waals surface area contributed by atoms with Crippen molar-refractivity contribution < 1.29 is 9.59 Å². The molecule has 0 N–H and O–H groups in total. The first kappa shape index (κ1) is 16.0. The van der Waals surface area contributed by atoms with Crippen molar-refractivity contribution in [3.63, 3.8) is 0 Å². The lowest BCUT2D eigenvalue weighted by atomic mass is 9.78. The van der Waals surface area contributed by atoms with Crippen LogP contribution in [-0.4, -0.2) is 72.3 Å². The molecule has 0 aromatic heterocycles. The Morgan fingerprint density at radius 1 is 1.33 bits per heavy atom. The molecule has 2 heterocycles. The second-order valence-electron chi connectivity index (χ2n) is 6.49. The van der Waals surface area contributed by atoms with Gasteiger partial charge in [0.1, 0.15) is 0 Å². The number of hydrogen-bond donors (Lipinski definition) is 0. The van der Waals surface area contributed by atoms with E-state index in [2.05, 4.69) is 6.58 Å². The maximum absolute atomic E-state index is 12.2. The van der Waals surface area contributed by atoms with Gasteiger partial charge in [0, 0.05) is 31.6 Å². The maximum atomic E-state index is 12.2. The van der Waals surface area contributed by atoms with Gasteiger partial charge in [-0.25, -0.2) is 0 Å². The number of piperidine rings is 2. The summed E-state index contributed by atoms with van der Waals surface area (Å²) in [5, 5.41) is 0. The third-order valence-electron chi connectivity index (χ3n) is 4.72. The number of likely N-dealkylation sites (N-methyl/N-ethyl adjacent to an activating group) is 1. The number of carbonyl (C=O) groups is 2. The van der Waals surface area contributed by atoms with Gasteiger partial charge in [0.2, 0.25) is 11.8 Å². The summed E-state index contributed by atoms with van der Waals surface area (Å²) in [6, 6.07) is 0. The lowest BCUT2D eigenvalue weighted by molar-refractivity contribution is -0.146. The number of carbonyl (C=O) groups excluding carboxylic acids is 2. The van der Waals surface area contributed by atoms with Gasteiger partial charge in [-0.05, 0) is 39.8 Å². The average molecular weight is 293 g/mol. The summed E-state index contributed by atoms with van der Waals surface area (Å²) in [4.78, 5) is 30.2. The van der Waals surface area contributed by atoms with Gasteiger partial charge in [-0.1, -0.05) is 6.08 Å². The van der Waals surface area contributed by atoms with E-state index in [1.54, 1.807) is 0 Å². The van der Waals surface area contributed by atoms with Crippen LogP contribution in [0.25, 0.3) is 0 Å². The van der Waals surface area contributed by atoms with Crippen molar-refractivity contribution >= 4 is 11.8 Å². The number of amides is 2. The van der Waals surface area contributed by atoms with Crippen LogP contribution in [0.2, 0.25) is 0 Å². The van der Waals surface area contributed by atoms with Crippen LogP contribution in [0.1, 0.15) is 32.1 Å². The van der Waals surface area contributed by atoms with Crippen LogP contribution in [0, 0.1) is 0 Å². The lowest BCUT2D eigenvalue weighted by Gasteiger charge is -2.51. The van der Waals surface area contributed by atoms with Crippen LogP contribution in [0.3, 0.4) is 0 Å². The smallest absolute Gasteiger partial charge is 0.236 e. The fourth-order valence-corrected chi connectivity index (χ4v) is 3.59. The molecule has 2 amide bonds. The summed E-state index contributed by atoms with van der Waals surface area (Å²) in [6.07, 6.45) is 6.28. The molecule has 2 rings (SSSR count). The van der Waals surface area contributed by atoms with E-state index in [-0.39, 0.29) is 17.4 Å². The van der Waals surface area contributed by atoms with Gasteiger partial charge in [0.15, 0.2) is 0 Å². The molecule has 0 saturated carbocycles. The maximum Gasteiger partial charge on any atom is 0.236 e. The highest BCUT2D eigenvalue weighted by Gasteiger charge is 2.44. The van der Waals surface area contributed by atoms with Crippen LogP contribution in [0.4, 0.5) is 0 Å². The van der Waals surface area contributed by atoms with E-state index in [4.69, 9.17) is 0 Å². The molecular weight excluding hydrogens is 266 g/mol. The molecule has 118 valence electrons. The minimum atomic E-state index is -0.0432. The molecule has 0 atom stereocenters. The summed E-state index contributed by atoms with van der Waals surface area (Å²) in [7, 11) is 3.82. The molecule has 2 saturated heterocycles. The van der Waals surface area contributed by atoms with Crippen molar-refractivity contribution in [3.05, 3.63) is 12.7 Å². The molecule has 0 radical (unpaired) electrons. The highest BCUT2D eigenvalue weighted by Crippen LogP contribution is 2.37. The van der Waals surface area contributed by atoms with Crippen LogP contribution < -0.4 is 0 Å². The molecule has 0 aromatic carbocycles. The quantitative estimate of drug-likeness (QED) is 0.729. The van der Waals surface area contributed by atoms with Crippen molar-refractivity contribution in [2.45, 2.75) is 37.6 Å². The van der Waals surface area contributed by atoms with Gasteiger partial charge in [0.05, 0.1) is 6.54 Å². The molecule has 0 aromatic rings. The first-order valence-corrected chi connectivity index (χ1v) is 7.82. The molecule has 2 aliphatic heterocycles. The van der Waals surface area contributed by atoms with Gasteiger partial charge >= 0.3 is 0 Å². The third-order valence-corrected chi connectivity index (χ3v) is 4.72. The van der Waals surface area contributed by atoms with E-state index < -0.39 is 0 Å². The van der Waals surface area contributed by atoms with Crippen LogP contribution in [0.5, 0.6) is 0 Å². The number of nitrogens with zero attached hydrogens (tertiary/aromatic N) is 3. The van der Waals surface area contributed by atoms with Crippen molar-refractivity contribution in [1.82, 2.24) is 14.7 Å². The van der Waals surface area contributed by atoms with E-state index in [9.17, 15) is 9.59 Å². The van der Waals surface area contributed by atoms with Crippen LogP contribution >= 0.6 is 0 Å². The highest BCUT2D eigenvalue weighted by atomic mass is 16.2. The minimum Gasteiger partial charge on any atom is -0.341 e. The Bertz CT molecular complexity index is 412. The Morgan fingerprint density at radius 3 is 2.57 bits per heavy atom. The second-order valence-corrected chi connectivity index (χ2v) is 6.49. The molecule has 2 aliphatic rings. The molecule has 2 fully saturated rings. The third kappa shape index (κ3) is 3.46. The summed E-state index contributed by atoms with van der Waals surface area (Å²) >= 11 is 0. The van der Waals surface area contributed by atoms with Crippen LogP contribution in [0.15, 0.2) is 12.7 Å². The first-order valence-electron chi connectivity index (χ1n) is 7.82. The van der Waals surface area contributed by atoms with Crippen molar-refractivity contribution in [2.24, 2.45) is 0 Å². The molecule has 0 unspecified atom stereocenters. The van der Waals surface area contributed by atoms with Gasteiger partial charge in [-0.3, -0.25) is 9.59 Å². The Morgan fingerprint density at radius 2 is 2.00 bits per heavy atom. The Kier molecular flexibility index (Phi) is 5.04. The summed E-state index contributed by atoms with van der Waals surface area (Å²) in [5.41, 5.74) is -0.0432. The van der Waals surface area contributed by atoms with E-state index in [1.165, 1.54) is 0 Å². The highest BCUT2D eigenvalue weighted by molar-refractivity contribution is 5.79. The van der Waals surface area contributed by atoms with Crippen LogP contribution in [-0.2, 0) is 9.59 Å². The predicted molar refractivity (Wildman–Crippen MR) is 82.9 cm³/mol. The first-order chi connectivity index (χ1) is 9.98. The Balaban J connectivity index is 2.01. The zero-order chi connectivity index (χ0) is 15.5. The fraction of sp³-hybridized carbons (Fsp3) is 0.750. The monoisotopic (exact) mass is 293 g/mol. The van der Waals surface area contributed by atoms with Crippen molar-refractivity contribution in [1.29, 1.82) is 0 Å². The normalized spacial score (nSPS) is 22.0. The zero-order valence-electron chi connectivity index (χ0n) is 13.3. The Labute approximate surface area is 127 Å². The van der Waals surface area contributed by atoms with E-state index >= 15 is 0 Å². The van der Waals surface area contributed by atoms with Crippen molar-refractivity contribution in [2.75, 3.05) is 40.3 Å². The standard InChI is InChI=1S/C16H27N3O2/c1-4-10-19-14(20)6-5-7-16(19)8-11-18(12-9-16)15(21)13-17(2)3/h4H,1,5-13H2,2-3H3. The fourth-order valence-electron chi connectivity index (χ4n) is 3.59. The van der Waals surface area contributed by atoms with Gasteiger partial charge < -0.3 is 14.7 Å². The van der Waals surface area contributed by atoms with Gasteiger partial charge in [-0.15, -0.1) is 6.58 Å². The number of rotatable bonds is 4. The van der Waals surface area contributed by atoms with E-state index in [0.717, 1.165) is 38.8 Å². The summed E-state index contributed by atoms with van der Waals surface area (Å²) < 4.78 is 0. The van der Waals surface area contributed by atoms with Gasteiger partial charge in [0.25, 0.3) is 0 Å². The molecular formula is C16H27N3O2. The minimum absolute atomic E-state index is 0.0432. The number of hydrogen-bond acceptors (Lipinski definition) is 3. The molecule has 1 spiro atoms. The predicted octanol–water partition coefficient (Wildman–Crippen LogP) is 1.11. The van der Waals surface area contributed by atoms with Gasteiger partial charge in [-0.2, -0.15) is 0 Å². The molecule has 0 bridgehead atoms. The van der Waals surface area contributed by atoms with E-state index in [1.807, 2.05) is 34.9 Å². The molecule has 5 nitrogen and oxygen atoms in total. The average Bonchev–Trinajstić information content (AvgIpc) is 2.43. The zero-order valence-corrected chi connectivity index (χ0v) is 13.3.